The fourth-order valence-electron chi connectivity index (χ4n) is 4.25. The van der Waals surface area contributed by atoms with E-state index < -0.39 is 11.8 Å². The molecule has 0 heterocycles. The van der Waals surface area contributed by atoms with Crippen molar-refractivity contribution in [1.29, 1.82) is 0 Å². The van der Waals surface area contributed by atoms with Crippen LogP contribution in [-0.2, 0) is 16.1 Å². The van der Waals surface area contributed by atoms with Crippen molar-refractivity contribution in [1.82, 2.24) is 10.6 Å². The van der Waals surface area contributed by atoms with Gasteiger partial charge in [0, 0.05) is 12.6 Å². The molecule has 0 radical (unpaired) electrons. The molecule has 2 N–H and O–H groups in total. The van der Waals surface area contributed by atoms with Gasteiger partial charge >= 0.3 is 11.8 Å². The SMILES string of the molecule is Cc1ccc(CNC(=O)C(=O)NC(C)C2CC3CCC2C3)cc1. The Balaban J connectivity index is 1.45. The Hall–Kier alpha value is -1.84. The summed E-state index contributed by atoms with van der Waals surface area (Å²) in [7, 11) is 0. The fraction of sp³-hybridized carbons (Fsp3) is 0.579. The van der Waals surface area contributed by atoms with Gasteiger partial charge in [0.25, 0.3) is 0 Å². The largest absolute Gasteiger partial charge is 0.345 e. The number of amides is 2. The lowest BCUT2D eigenvalue weighted by Gasteiger charge is -2.28. The summed E-state index contributed by atoms with van der Waals surface area (Å²) in [6.07, 6.45) is 5.15. The summed E-state index contributed by atoms with van der Waals surface area (Å²) in [4.78, 5) is 24.0. The number of hydrogen-bond donors (Lipinski definition) is 2. The highest BCUT2D eigenvalue weighted by Gasteiger charge is 2.42. The van der Waals surface area contributed by atoms with E-state index in [0.717, 1.165) is 17.4 Å². The summed E-state index contributed by atoms with van der Waals surface area (Å²) >= 11 is 0. The highest BCUT2D eigenvalue weighted by Crippen LogP contribution is 2.49. The second-order valence-corrected chi connectivity index (χ2v) is 7.27. The molecule has 2 saturated carbocycles. The Kier molecular flexibility index (Phi) is 4.69. The van der Waals surface area contributed by atoms with Crippen LogP contribution >= 0.6 is 0 Å². The zero-order valence-corrected chi connectivity index (χ0v) is 14.0. The first kappa shape index (κ1) is 16.0. The fourth-order valence-corrected chi connectivity index (χ4v) is 4.25. The van der Waals surface area contributed by atoms with E-state index in [0.29, 0.717) is 12.5 Å². The molecule has 1 aromatic carbocycles. The van der Waals surface area contributed by atoms with Crippen molar-refractivity contribution in [3.05, 3.63) is 35.4 Å². The van der Waals surface area contributed by atoms with Crippen molar-refractivity contribution >= 4 is 11.8 Å². The molecule has 0 spiro atoms. The Morgan fingerprint density at radius 3 is 2.48 bits per heavy atom. The summed E-state index contributed by atoms with van der Waals surface area (Å²) < 4.78 is 0. The molecular formula is C19H26N2O2. The minimum atomic E-state index is -0.541. The molecule has 2 bridgehead atoms. The number of aryl methyl sites for hydroxylation is 1. The first-order valence-corrected chi connectivity index (χ1v) is 8.67. The molecule has 4 unspecified atom stereocenters. The van der Waals surface area contributed by atoms with Gasteiger partial charge in [-0.25, -0.2) is 0 Å². The van der Waals surface area contributed by atoms with Crippen molar-refractivity contribution in [3.63, 3.8) is 0 Å². The third-order valence-corrected chi connectivity index (χ3v) is 5.57. The number of carbonyl (C=O) groups is 2. The van der Waals surface area contributed by atoms with Gasteiger partial charge in [-0.05, 0) is 56.4 Å². The Bertz CT molecular complexity index is 582. The topological polar surface area (TPSA) is 58.2 Å². The van der Waals surface area contributed by atoms with E-state index in [-0.39, 0.29) is 6.04 Å². The summed E-state index contributed by atoms with van der Waals surface area (Å²) in [5.74, 6) is 1.08. The molecule has 2 fully saturated rings. The highest BCUT2D eigenvalue weighted by molar-refractivity contribution is 6.35. The van der Waals surface area contributed by atoms with E-state index >= 15 is 0 Å². The van der Waals surface area contributed by atoms with Crippen molar-refractivity contribution in [2.75, 3.05) is 0 Å². The van der Waals surface area contributed by atoms with Crippen LogP contribution in [-0.4, -0.2) is 17.9 Å². The number of benzene rings is 1. The van der Waals surface area contributed by atoms with E-state index in [1.165, 1.54) is 31.2 Å². The van der Waals surface area contributed by atoms with E-state index in [1.807, 2.05) is 38.1 Å². The Morgan fingerprint density at radius 1 is 1.13 bits per heavy atom. The molecular weight excluding hydrogens is 288 g/mol. The van der Waals surface area contributed by atoms with Crippen molar-refractivity contribution in [2.24, 2.45) is 17.8 Å². The third kappa shape index (κ3) is 3.74. The summed E-state index contributed by atoms with van der Waals surface area (Å²) in [6, 6.07) is 8.01. The van der Waals surface area contributed by atoms with Crippen LogP contribution in [0.3, 0.4) is 0 Å². The number of fused-ring (bicyclic) bond motifs is 2. The van der Waals surface area contributed by atoms with Gasteiger partial charge in [-0.2, -0.15) is 0 Å². The third-order valence-electron chi connectivity index (χ3n) is 5.57. The number of nitrogens with one attached hydrogen (secondary N) is 2. The van der Waals surface area contributed by atoms with Gasteiger partial charge in [-0.3, -0.25) is 9.59 Å². The summed E-state index contributed by atoms with van der Waals surface area (Å²) in [6.45, 7) is 4.44. The molecule has 2 aliphatic carbocycles. The standard InChI is InChI=1S/C19H26N2O2/c1-12-3-5-14(6-4-12)11-20-18(22)19(23)21-13(2)17-10-15-7-8-16(17)9-15/h3-6,13,15-17H,7-11H2,1-2H3,(H,20,22)(H,21,23). The van der Waals surface area contributed by atoms with E-state index in [4.69, 9.17) is 0 Å². The normalized spacial score (nSPS) is 26.8. The quantitative estimate of drug-likeness (QED) is 0.839. The molecule has 2 amide bonds. The minimum absolute atomic E-state index is 0.0860. The van der Waals surface area contributed by atoms with Gasteiger partial charge in [-0.15, -0.1) is 0 Å². The zero-order chi connectivity index (χ0) is 16.4. The number of hydrogen-bond acceptors (Lipinski definition) is 2. The molecule has 23 heavy (non-hydrogen) atoms. The van der Waals surface area contributed by atoms with E-state index in [9.17, 15) is 9.59 Å². The smallest absolute Gasteiger partial charge is 0.309 e. The van der Waals surface area contributed by atoms with Crippen LogP contribution in [0.25, 0.3) is 0 Å². The van der Waals surface area contributed by atoms with Crippen LogP contribution in [0.4, 0.5) is 0 Å². The summed E-state index contributed by atoms with van der Waals surface area (Å²) in [5, 5.41) is 5.60. The van der Waals surface area contributed by atoms with Crippen molar-refractivity contribution < 1.29 is 9.59 Å². The van der Waals surface area contributed by atoms with Gasteiger partial charge in [0.2, 0.25) is 0 Å². The maximum absolute atomic E-state index is 12.1. The Morgan fingerprint density at radius 2 is 1.87 bits per heavy atom. The van der Waals surface area contributed by atoms with Crippen LogP contribution in [0.1, 0.15) is 43.7 Å². The predicted molar refractivity (Wildman–Crippen MR) is 89.6 cm³/mol. The molecule has 1 aromatic rings. The van der Waals surface area contributed by atoms with Gasteiger partial charge in [0.05, 0.1) is 0 Å². The molecule has 2 aliphatic rings. The lowest BCUT2D eigenvalue weighted by molar-refractivity contribution is -0.140. The van der Waals surface area contributed by atoms with Gasteiger partial charge in [0.15, 0.2) is 0 Å². The highest BCUT2D eigenvalue weighted by atomic mass is 16.2. The summed E-state index contributed by atoms with van der Waals surface area (Å²) in [5.41, 5.74) is 2.18. The molecule has 3 rings (SSSR count). The monoisotopic (exact) mass is 314 g/mol. The second-order valence-electron chi connectivity index (χ2n) is 7.27. The molecule has 4 heteroatoms. The first-order valence-electron chi connectivity index (χ1n) is 8.67. The molecule has 0 aromatic heterocycles. The van der Waals surface area contributed by atoms with Gasteiger partial charge in [-0.1, -0.05) is 36.2 Å². The zero-order valence-electron chi connectivity index (χ0n) is 14.0. The van der Waals surface area contributed by atoms with Crippen LogP contribution < -0.4 is 10.6 Å². The van der Waals surface area contributed by atoms with Crippen LogP contribution in [0.2, 0.25) is 0 Å². The Labute approximate surface area is 138 Å². The minimum Gasteiger partial charge on any atom is -0.345 e. The average molecular weight is 314 g/mol. The molecule has 0 aliphatic heterocycles. The van der Waals surface area contributed by atoms with Gasteiger partial charge < -0.3 is 10.6 Å². The number of carbonyl (C=O) groups excluding carboxylic acids is 2. The molecule has 0 saturated heterocycles. The lowest BCUT2D eigenvalue weighted by atomic mass is 9.84. The van der Waals surface area contributed by atoms with Crippen LogP contribution in [0.5, 0.6) is 0 Å². The predicted octanol–water partition coefficient (Wildman–Crippen LogP) is 2.55. The van der Waals surface area contributed by atoms with Crippen LogP contribution in [0.15, 0.2) is 24.3 Å². The average Bonchev–Trinajstić information content (AvgIpc) is 3.17. The molecule has 4 atom stereocenters. The van der Waals surface area contributed by atoms with Crippen molar-refractivity contribution in [3.8, 4) is 0 Å². The van der Waals surface area contributed by atoms with Crippen LogP contribution in [0, 0.1) is 24.7 Å². The molecule has 124 valence electrons. The van der Waals surface area contributed by atoms with E-state index in [2.05, 4.69) is 10.6 Å². The first-order chi connectivity index (χ1) is 11.0. The molecule has 4 nitrogen and oxygen atoms in total. The second kappa shape index (κ2) is 6.73. The van der Waals surface area contributed by atoms with Crippen molar-refractivity contribution in [2.45, 2.75) is 52.1 Å². The maximum atomic E-state index is 12.1. The maximum Gasteiger partial charge on any atom is 0.309 e. The number of rotatable bonds is 4. The van der Waals surface area contributed by atoms with E-state index in [1.54, 1.807) is 0 Å². The van der Waals surface area contributed by atoms with Gasteiger partial charge in [0.1, 0.15) is 0 Å². The lowest BCUT2D eigenvalue weighted by Crippen LogP contribution is -2.46.